The third-order valence-corrected chi connectivity index (χ3v) is 6.64. The number of esters is 1. The van der Waals surface area contributed by atoms with E-state index in [2.05, 4.69) is 12.1 Å². The third kappa shape index (κ3) is 3.79. The van der Waals surface area contributed by atoms with E-state index < -0.39 is 35.0 Å². The molecule has 8 nitrogen and oxygen atoms in total. The molecule has 0 aromatic heterocycles. The average Bonchev–Trinajstić information content (AvgIpc) is 3.18. The second-order valence-corrected chi connectivity index (χ2v) is 9.80. The molecule has 0 N–H and O–H groups in total. The lowest BCUT2D eigenvalue weighted by molar-refractivity contribution is -0.160. The van der Waals surface area contributed by atoms with Crippen LogP contribution in [-0.2, 0) is 9.53 Å². The van der Waals surface area contributed by atoms with E-state index in [1.54, 1.807) is 44.0 Å². The Hall–Kier alpha value is -4.17. The molecule has 8 heteroatoms. The molecule has 2 aliphatic rings. The molecule has 0 radical (unpaired) electrons. The van der Waals surface area contributed by atoms with E-state index >= 15 is 0 Å². The van der Waals surface area contributed by atoms with Crippen LogP contribution in [0.1, 0.15) is 49.4 Å². The van der Waals surface area contributed by atoms with Gasteiger partial charge in [0.25, 0.3) is 0 Å². The van der Waals surface area contributed by atoms with Gasteiger partial charge in [-0.1, -0.05) is 24.3 Å². The number of fused-ring (bicyclic) bond motifs is 3. The number of carbonyl (C=O) groups is 1. The number of rotatable bonds is 5. The van der Waals surface area contributed by atoms with Gasteiger partial charge in [-0.15, -0.1) is 0 Å². The summed E-state index contributed by atoms with van der Waals surface area (Å²) >= 11 is 0. The smallest absolute Gasteiger partial charge is 0.330 e. The molecule has 0 amide bonds. The zero-order chi connectivity index (χ0) is 26.3. The Morgan fingerprint density at radius 1 is 1.00 bits per heavy atom. The van der Waals surface area contributed by atoms with Crippen molar-refractivity contribution in [3.8, 4) is 29.4 Å². The Kier molecular flexibility index (Phi) is 6.32. The number of nitriles is 2. The molecule has 36 heavy (non-hydrogen) atoms. The van der Waals surface area contributed by atoms with Crippen LogP contribution in [0.25, 0.3) is 6.08 Å². The zero-order valence-electron chi connectivity index (χ0n) is 21.2. The van der Waals surface area contributed by atoms with E-state index in [4.69, 9.17) is 18.9 Å². The van der Waals surface area contributed by atoms with Gasteiger partial charge in [0.05, 0.1) is 39.5 Å². The number of ether oxygens (including phenoxy) is 4. The van der Waals surface area contributed by atoms with Crippen LogP contribution in [0.5, 0.6) is 17.2 Å². The minimum Gasteiger partial charge on any atom is -0.493 e. The number of hydrogen-bond donors (Lipinski definition) is 0. The summed E-state index contributed by atoms with van der Waals surface area (Å²) in [6.07, 6.45) is 3.67. The molecule has 0 unspecified atom stereocenters. The normalized spacial score (nSPS) is 21.4. The number of hydrogen-bond acceptors (Lipinski definition) is 8. The minimum absolute atomic E-state index is 0.361. The summed E-state index contributed by atoms with van der Waals surface area (Å²) in [5, 5.41) is 21.3. The molecule has 0 spiro atoms. The maximum atomic E-state index is 13.8. The second-order valence-electron chi connectivity index (χ2n) is 9.80. The zero-order valence-corrected chi connectivity index (χ0v) is 21.2. The number of nitrogens with zero attached hydrogens (tertiary/aromatic N) is 3. The van der Waals surface area contributed by atoms with Gasteiger partial charge in [0, 0.05) is 12.1 Å². The maximum Gasteiger partial charge on any atom is 0.330 e. The maximum absolute atomic E-state index is 13.8. The first-order valence-electron chi connectivity index (χ1n) is 11.6. The lowest BCUT2D eigenvalue weighted by Crippen LogP contribution is -2.41. The predicted molar refractivity (Wildman–Crippen MR) is 132 cm³/mol. The number of methoxy groups -OCH3 is 3. The standard InChI is InChI=1S/C28H29N3O5/c1-27(2,3)36-26(32)23-22(18-13-20(33-4)24(35-6)21(14-18)34-5)28(15-29,16-30)25-19-10-8-7-9-17(19)11-12-31(23)25/h7-14,22-23,25H,1-6H3/t22-,23+,25+/m1/s1. The van der Waals surface area contributed by atoms with Gasteiger partial charge in [-0.25, -0.2) is 4.79 Å². The van der Waals surface area contributed by atoms with Crippen LogP contribution < -0.4 is 14.2 Å². The lowest BCUT2D eigenvalue weighted by atomic mass is 9.68. The Bertz CT molecular complexity index is 1260. The molecule has 4 rings (SSSR count). The van der Waals surface area contributed by atoms with E-state index in [0.29, 0.717) is 22.8 Å². The summed E-state index contributed by atoms with van der Waals surface area (Å²) in [6.45, 7) is 5.36. The first-order valence-corrected chi connectivity index (χ1v) is 11.6. The monoisotopic (exact) mass is 487 g/mol. The predicted octanol–water partition coefficient (Wildman–Crippen LogP) is 4.58. The van der Waals surface area contributed by atoms with Crippen molar-refractivity contribution in [1.82, 2.24) is 4.90 Å². The Balaban J connectivity index is 2.02. The summed E-state index contributed by atoms with van der Waals surface area (Å²) in [5.74, 6) is -0.321. The van der Waals surface area contributed by atoms with Gasteiger partial charge >= 0.3 is 5.97 Å². The Labute approximate surface area is 211 Å². The fourth-order valence-electron chi connectivity index (χ4n) is 5.28. The van der Waals surface area contributed by atoms with Crippen LogP contribution in [0.4, 0.5) is 0 Å². The van der Waals surface area contributed by atoms with Crippen molar-refractivity contribution in [3.63, 3.8) is 0 Å². The SMILES string of the molecule is COc1cc([C@@H]2[C@@H](C(=O)OC(C)(C)C)N3C=Cc4ccccc4[C@H]3C2(C#N)C#N)cc(OC)c1OC. The van der Waals surface area contributed by atoms with E-state index in [0.717, 1.165) is 11.1 Å². The molecule has 2 aromatic carbocycles. The summed E-state index contributed by atoms with van der Waals surface area (Å²) in [6, 6.07) is 13.9. The van der Waals surface area contributed by atoms with Crippen molar-refractivity contribution in [1.29, 1.82) is 10.5 Å². The summed E-state index contributed by atoms with van der Waals surface area (Å²) in [5.41, 5.74) is -0.182. The highest BCUT2D eigenvalue weighted by Gasteiger charge is 2.64. The lowest BCUT2D eigenvalue weighted by Gasteiger charge is -2.34. The topological polar surface area (TPSA) is 105 Å². The second kappa shape index (κ2) is 9.13. The van der Waals surface area contributed by atoms with Crippen molar-refractivity contribution in [2.45, 2.75) is 44.4 Å². The van der Waals surface area contributed by atoms with Gasteiger partial charge in [0.2, 0.25) is 5.75 Å². The molecule has 0 bridgehead atoms. The number of carbonyl (C=O) groups excluding carboxylic acids is 1. The largest absolute Gasteiger partial charge is 0.493 e. The molecule has 0 saturated carbocycles. The van der Waals surface area contributed by atoms with E-state index in [1.807, 2.05) is 30.3 Å². The van der Waals surface area contributed by atoms with E-state index in [9.17, 15) is 15.3 Å². The van der Waals surface area contributed by atoms with Gasteiger partial charge in [0.15, 0.2) is 16.9 Å². The van der Waals surface area contributed by atoms with Crippen molar-refractivity contribution < 1.29 is 23.7 Å². The van der Waals surface area contributed by atoms with Crippen molar-refractivity contribution in [2.24, 2.45) is 5.41 Å². The fraction of sp³-hybridized carbons (Fsp3) is 0.393. The van der Waals surface area contributed by atoms with Gasteiger partial charge in [-0.05, 0) is 55.7 Å². The Morgan fingerprint density at radius 3 is 2.14 bits per heavy atom. The molecule has 3 atom stereocenters. The van der Waals surface area contributed by atoms with Crippen LogP contribution in [0.3, 0.4) is 0 Å². The summed E-state index contributed by atoms with van der Waals surface area (Å²) in [4.78, 5) is 15.5. The highest BCUT2D eigenvalue weighted by atomic mass is 16.6. The molecule has 186 valence electrons. The molecule has 2 aromatic rings. The quantitative estimate of drug-likeness (QED) is 0.565. The first-order chi connectivity index (χ1) is 17.1. The molecular formula is C28H29N3O5. The van der Waals surface area contributed by atoms with Crippen LogP contribution >= 0.6 is 0 Å². The van der Waals surface area contributed by atoms with Crippen molar-refractivity contribution >= 4 is 12.0 Å². The molecule has 2 aliphatic heterocycles. The molecule has 0 aliphatic carbocycles. The Morgan fingerprint density at radius 2 is 1.61 bits per heavy atom. The van der Waals surface area contributed by atoms with Crippen LogP contribution in [0.15, 0.2) is 42.6 Å². The highest BCUT2D eigenvalue weighted by Crippen LogP contribution is 2.60. The van der Waals surface area contributed by atoms with Crippen LogP contribution in [0, 0.1) is 28.1 Å². The van der Waals surface area contributed by atoms with Gasteiger partial charge in [-0.2, -0.15) is 10.5 Å². The van der Waals surface area contributed by atoms with Gasteiger partial charge in [-0.3, -0.25) is 0 Å². The van der Waals surface area contributed by atoms with Gasteiger partial charge in [0.1, 0.15) is 11.6 Å². The first kappa shape index (κ1) is 24.9. The molecule has 1 fully saturated rings. The van der Waals surface area contributed by atoms with Crippen LogP contribution in [-0.4, -0.2) is 43.8 Å². The van der Waals surface area contributed by atoms with E-state index in [-0.39, 0.29) is 0 Å². The molecular weight excluding hydrogens is 458 g/mol. The van der Waals surface area contributed by atoms with Crippen molar-refractivity contribution in [3.05, 3.63) is 59.3 Å². The summed E-state index contributed by atoms with van der Waals surface area (Å²) < 4.78 is 22.4. The number of benzene rings is 2. The molecule has 2 heterocycles. The average molecular weight is 488 g/mol. The minimum atomic E-state index is -1.63. The third-order valence-electron chi connectivity index (χ3n) is 6.64. The highest BCUT2D eigenvalue weighted by molar-refractivity contribution is 5.81. The fourth-order valence-corrected chi connectivity index (χ4v) is 5.28. The molecule has 1 saturated heterocycles. The van der Waals surface area contributed by atoms with Crippen LogP contribution in [0.2, 0.25) is 0 Å². The van der Waals surface area contributed by atoms with E-state index in [1.165, 1.54) is 21.3 Å². The van der Waals surface area contributed by atoms with Crippen molar-refractivity contribution in [2.75, 3.05) is 21.3 Å². The summed E-state index contributed by atoms with van der Waals surface area (Å²) in [7, 11) is 4.48. The van der Waals surface area contributed by atoms with Gasteiger partial charge < -0.3 is 23.8 Å².